The maximum Gasteiger partial charge on any atom is 0.423 e. The van der Waals surface area contributed by atoms with E-state index in [1.165, 1.54) is 6.07 Å². The van der Waals surface area contributed by atoms with Gasteiger partial charge < -0.3 is 4.74 Å². The Hall–Kier alpha value is -2.58. The van der Waals surface area contributed by atoms with E-state index >= 15 is 0 Å². The molecular weight excluding hydrogens is 279 g/mol. The van der Waals surface area contributed by atoms with Crippen molar-refractivity contribution in [1.82, 2.24) is 10.2 Å². The SMILES string of the molecule is Cc1cc(Oc2ccc([N+](=O)[O-])c(C(F)(F)F)c2)n[nH]1. The first-order chi connectivity index (χ1) is 9.27. The molecule has 106 valence electrons. The number of nitrogens with one attached hydrogen (secondary N) is 1. The van der Waals surface area contributed by atoms with E-state index in [0.717, 1.165) is 12.1 Å². The van der Waals surface area contributed by atoms with Gasteiger partial charge in [-0.3, -0.25) is 15.2 Å². The van der Waals surface area contributed by atoms with Crippen LogP contribution < -0.4 is 4.74 Å². The molecule has 1 heterocycles. The zero-order valence-electron chi connectivity index (χ0n) is 10.1. The lowest BCUT2D eigenvalue weighted by Crippen LogP contribution is -2.09. The fraction of sp³-hybridized carbons (Fsp3) is 0.182. The van der Waals surface area contributed by atoms with Crippen LogP contribution >= 0.6 is 0 Å². The van der Waals surface area contributed by atoms with Crippen molar-refractivity contribution in [3.63, 3.8) is 0 Å². The third kappa shape index (κ3) is 2.87. The van der Waals surface area contributed by atoms with E-state index in [2.05, 4.69) is 10.2 Å². The lowest BCUT2D eigenvalue weighted by Gasteiger charge is -2.09. The van der Waals surface area contributed by atoms with Gasteiger partial charge in [-0.2, -0.15) is 13.2 Å². The van der Waals surface area contributed by atoms with E-state index < -0.39 is 22.4 Å². The Labute approximate surface area is 110 Å². The lowest BCUT2D eigenvalue weighted by molar-refractivity contribution is -0.388. The van der Waals surface area contributed by atoms with E-state index in [-0.39, 0.29) is 11.6 Å². The number of nitro groups is 1. The van der Waals surface area contributed by atoms with Crippen LogP contribution in [0.25, 0.3) is 0 Å². The zero-order chi connectivity index (χ0) is 14.9. The number of ether oxygens (including phenoxy) is 1. The third-order valence-electron chi connectivity index (χ3n) is 2.37. The molecule has 9 heteroatoms. The zero-order valence-corrected chi connectivity index (χ0v) is 10.1. The summed E-state index contributed by atoms with van der Waals surface area (Å²) >= 11 is 0. The van der Waals surface area contributed by atoms with Crippen LogP contribution in [-0.2, 0) is 6.18 Å². The molecule has 2 aromatic rings. The van der Waals surface area contributed by atoms with E-state index in [1.807, 2.05) is 0 Å². The monoisotopic (exact) mass is 287 g/mol. The molecule has 0 bridgehead atoms. The molecule has 1 N–H and O–H groups in total. The summed E-state index contributed by atoms with van der Waals surface area (Å²) in [5.74, 6) is -0.112. The van der Waals surface area contributed by atoms with Crippen LogP contribution in [0.5, 0.6) is 11.6 Å². The maximum atomic E-state index is 12.7. The first kappa shape index (κ1) is 13.8. The topological polar surface area (TPSA) is 81.1 Å². The fourth-order valence-corrected chi connectivity index (χ4v) is 1.53. The van der Waals surface area contributed by atoms with Gasteiger partial charge in [-0.1, -0.05) is 0 Å². The van der Waals surface area contributed by atoms with E-state index in [1.54, 1.807) is 6.92 Å². The summed E-state index contributed by atoms with van der Waals surface area (Å²) in [5, 5.41) is 16.8. The lowest BCUT2D eigenvalue weighted by atomic mass is 10.1. The van der Waals surface area contributed by atoms with Crippen molar-refractivity contribution < 1.29 is 22.8 Å². The van der Waals surface area contributed by atoms with E-state index in [4.69, 9.17) is 4.74 Å². The molecule has 0 unspecified atom stereocenters. The molecule has 0 aliphatic heterocycles. The smallest absolute Gasteiger partial charge is 0.423 e. The van der Waals surface area contributed by atoms with Gasteiger partial charge in [-0.05, 0) is 13.0 Å². The van der Waals surface area contributed by atoms with Gasteiger partial charge in [0.2, 0.25) is 5.88 Å². The second-order valence-electron chi connectivity index (χ2n) is 3.93. The summed E-state index contributed by atoms with van der Waals surface area (Å²) in [7, 11) is 0. The van der Waals surface area contributed by atoms with E-state index in [9.17, 15) is 23.3 Å². The minimum Gasteiger partial charge on any atom is -0.438 e. The average Bonchev–Trinajstić information content (AvgIpc) is 2.73. The largest absolute Gasteiger partial charge is 0.438 e. The van der Waals surface area contributed by atoms with Crippen molar-refractivity contribution in [2.75, 3.05) is 0 Å². The highest BCUT2D eigenvalue weighted by Crippen LogP contribution is 2.38. The highest BCUT2D eigenvalue weighted by Gasteiger charge is 2.38. The summed E-state index contributed by atoms with van der Waals surface area (Å²) in [5.41, 5.74) is -1.73. The number of H-pyrrole nitrogens is 1. The fourth-order valence-electron chi connectivity index (χ4n) is 1.53. The van der Waals surface area contributed by atoms with Crippen molar-refractivity contribution >= 4 is 5.69 Å². The van der Waals surface area contributed by atoms with Gasteiger partial charge in [0, 0.05) is 23.9 Å². The van der Waals surface area contributed by atoms with Crippen LogP contribution in [0.3, 0.4) is 0 Å². The average molecular weight is 287 g/mol. The van der Waals surface area contributed by atoms with Crippen molar-refractivity contribution in [2.24, 2.45) is 0 Å². The Bertz CT molecular complexity index is 652. The van der Waals surface area contributed by atoms with Gasteiger partial charge in [0.1, 0.15) is 11.3 Å². The third-order valence-corrected chi connectivity index (χ3v) is 2.37. The van der Waals surface area contributed by atoms with Crippen molar-refractivity contribution in [3.05, 3.63) is 45.6 Å². The molecule has 0 atom stereocenters. The molecule has 1 aromatic heterocycles. The Kier molecular flexibility index (Phi) is 3.35. The molecular formula is C11H8F3N3O3. The van der Waals surface area contributed by atoms with Gasteiger partial charge >= 0.3 is 6.18 Å². The Balaban J connectivity index is 2.39. The van der Waals surface area contributed by atoms with Crippen molar-refractivity contribution in [1.29, 1.82) is 0 Å². The predicted octanol–water partition coefficient (Wildman–Crippen LogP) is 3.44. The van der Waals surface area contributed by atoms with Crippen LogP contribution in [0.4, 0.5) is 18.9 Å². The Morgan fingerprint density at radius 1 is 1.35 bits per heavy atom. The highest BCUT2D eigenvalue weighted by molar-refractivity contribution is 5.47. The number of hydrogen-bond acceptors (Lipinski definition) is 4. The molecule has 2 rings (SSSR count). The number of aryl methyl sites for hydroxylation is 1. The molecule has 0 aliphatic rings. The van der Waals surface area contributed by atoms with Crippen LogP contribution in [-0.4, -0.2) is 15.1 Å². The summed E-state index contributed by atoms with van der Waals surface area (Å²) < 4.78 is 43.4. The summed E-state index contributed by atoms with van der Waals surface area (Å²) in [4.78, 5) is 9.50. The van der Waals surface area contributed by atoms with E-state index in [0.29, 0.717) is 11.8 Å². The number of nitrogens with zero attached hydrogens (tertiary/aromatic N) is 2. The number of nitro benzene ring substituents is 1. The minimum absolute atomic E-state index is 0.0736. The van der Waals surface area contributed by atoms with Gasteiger partial charge in [-0.25, -0.2) is 0 Å². The Morgan fingerprint density at radius 2 is 2.05 bits per heavy atom. The number of alkyl halides is 3. The molecule has 0 saturated carbocycles. The standard InChI is InChI=1S/C11H8F3N3O3/c1-6-4-10(16-15-6)20-7-2-3-9(17(18)19)8(5-7)11(12,13)14/h2-5H,1H3,(H,15,16). The number of benzene rings is 1. The van der Waals surface area contributed by atoms with Crippen LogP contribution in [0.1, 0.15) is 11.3 Å². The number of hydrogen-bond donors (Lipinski definition) is 1. The second-order valence-corrected chi connectivity index (χ2v) is 3.93. The van der Waals surface area contributed by atoms with Gasteiger partial charge in [0.05, 0.1) is 4.92 Å². The number of rotatable bonds is 3. The molecule has 0 aliphatic carbocycles. The first-order valence-electron chi connectivity index (χ1n) is 5.33. The van der Waals surface area contributed by atoms with Gasteiger partial charge in [0.15, 0.2) is 0 Å². The molecule has 0 saturated heterocycles. The summed E-state index contributed by atoms with van der Waals surface area (Å²) in [6, 6.07) is 3.88. The maximum absolute atomic E-state index is 12.7. The normalized spacial score (nSPS) is 11.4. The second kappa shape index (κ2) is 4.83. The molecule has 1 aromatic carbocycles. The predicted molar refractivity (Wildman–Crippen MR) is 61.5 cm³/mol. The van der Waals surface area contributed by atoms with Crippen LogP contribution in [0, 0.1) is 17.0 Å². The molecule has 0 fully saturated rings. The molecule has 6 nitrogen and oxygen atoms in total. The van der Waals surface area contributed by atoms with Gasteiger partial charge in [-0.15, -0.1) is 5.10 Å². The van der Waals surface area contributed by atoms with Crippen molar-refractivity contribution in [3.8, 4) is 11.6 Å². The van der Waals surface area contributed by atoms with Crippen LogP contribution in [0.2, 0.25) is 0 Å². The first-order valence-corrected chi connectivity index (χ1v) is 5.33. The number of halogens is 3. The quantitative estimate of drug-likeness (QED) is 0.692. The molecule has 0 spiro atoms. The van der Waals surface area contributed by atoms with Crippen molar-refractivity contribution in [2.45, 2.75) is 13.1 Å². The van der Waals surface area contributed by atoms with Gasteiger partial charge in [0.25, 0.3) is 5.69 Å². The minimum atomic E-state index is -4.84. The molecule has 20 heavy (non-hydrogen) atoms. The Morgan fingerprint density at radius 3 is 2.55 bits per heavy atom. The number of aromatic amines is 1. The van der Waals surface area contributed by atoms with Crippen LogP contribution in [0.15, 0.2) is 24.3 Å². The summed E-state index contributed by atoms with van der Waals surface area (Å²) in [6.45, 7) is 1.69. The highest BCUT2D eigenvalue weighted by atomic mass is 19.4. The molecule has 0 radical (unpaired) electrons. The number of aromatic nitrogens is 2. The summed E-state index contributed by atoms with van der Waals surface area (Å²) in [6.07, 6.45) is -4.84. The molecule has 0 amide bonds.